The van der Waals surface area contributed by atoms with Gasteiger partial charge in [-0.25, -0.2) is 0 Å². The predicted molar refractivity (Wildman–Crippen MR) is 94.1 cm³/mol. The number of carboxylic acids is 1. The Morgan fingerprint density at radius 1 is 1.52 bits per heavy atom. The normalized spacial score (nSPS) is 18.2. The number of hydrogen-bond donors (Lipinski definition) is 2. The molecule has 0 saturated carbocycles. The quantitative estimate of drug-likeness (QED) is 0.428. The van der Waals surface area contributed by atoms with Crippen LogP contribution in [-0.2, 0) is 9.59 Å². The van der Waals surface area contributed by atoms with Crippen molar-refractivity contribution in [1.82, 2.24) is 5.32 Å². The Hall–Kier alpha value is -2.99. The summed E-state index contributed by atoms with van der Waals surface area (Å²) < 4.78 is 10.6. The van der Waals surface area contributed by atoms with Crippen LogP contribution in [0.15, 0.2) is 28.4 Å². The number of hydrogen-bond acceptors (Lipinski definition) is 7. The molecule has 1 aliphatic rings. The number of amidine groups is 1. The summed E-state index contributed by atoms with van der Waals surface area (Å²) in [6.07, 6.45) is 6.37. The number of aliphatic carboxylic acids is 1. The van der Waals surface area contributed by atoms with Gasteiger partial charge in [-0.2, -0.15) is 5.10 Å². The van der Waals surface area contributed by atoms with Gasteiger partial charge in [-0.15, -0.1) is 11.5 Å². The molecule has 9 heteroatoms. The number of carbonyl (C=O) groups excluding carboxylic acids is 1. The Kier molecular flexibility index (Phi) is 6.42. The molecule has 2 N–H and O–H groups in total. The molecule has 2 rings (SSSR count). The molecule has 1 unspecified atom stereocenters. The van der Waals surface area contributed by atoms with Crippen LogP contribution in [0.25, 0.3) is 0 Å². The van der Waals surface area contributed by atoms with E-state index < -0.39 is 17.1 Å². The summed E-state index contributed by atoms with van der Waals surface area (Å²) in [5.41, 5.74) is 0.689. The van der Waals surface area contributed by atoms with Gasteiger partial charge < -0.3 is 19.9 Å². The van der Waals surface area contributed by atoms with E-state index >= 15 is 0 Å². The topological polar surface area (TPSA) is 110 Å². The van der Waals surface area contributed by atoms with Crippen molar-refractivity contribution >= 4 is 35.0 Å². The van der Waals surface area contributed by atoms with Crippen LogP contribution in [0.4, 0.5) is 0 Å². The highest BCUT2D eigenvalue weighted by Crippen LogP contribution is 2.27. The van der Waals surface area contributed by atoms with Gasteiger partial charge >= 0.3 is 5.97 Å². The van der Waals surface area contributed by atoms with E-state index in [1.54, 1.807) is 18.2 Å². The van der Waals surface area contributed by atoms with Gasteiger partial charge in [0.15, 0.2) is 16.7 Å². The molecule has 1 aromatic rings. The average molecular weight is 361 g/mol. The molecule has 8 nitrogen and oxygen atoms in total. The van der Waals surface area contributed by atoms with Gasteiger partial charge in [0.05, 0.1) is 19.7 Å². The Bertz CT molecular complexity index is 770. The zero-order valence-electron chi connectivity index (χ0n) is 13.3. The van der Waals surface area contributed by atoms with E-state index in [-0.39, 0.29) is 18.2 Å². The molecular weight excluding hydrogens is 346 g/mol. The van der Waals surface area contributed by atoms with E-state index in [1.165, 1.54) is 13.3 Å². The van der Waals surface area contributed by atoms with Crippen LogP contribution in [-0.4, -0.2) is 47.3 Å². The van der Waals surface area contributed by atoms with E-state index in [0.29, 0.717) is 17.1 Å². The molecule has 0 spiro atoms. The van der Waals surface area contributed by atoms with Crippen LogP contribution in [0, 0.1) is 12.3 Å². The molecule has 130 valence electrons. The number of carboxylic acid groups (broad SMARTS) is 1. The number of rotatable bonds is 7. The summed E-state index contributed by atoms with van der Waals surface area (Å²) in [4.78, 5) is 22.3. The summed E-state index contributed by atoms with van der Waals surface area (Å²) in [6, 6.07) is 5.14. The molecule has 1 aromatic carbocycles. The Labute approximate surface area is 148 Å². The zero-order chi connectivity index (χ0) is 18.2. The highest BCUT2D eigenvalue weighted by atomic mass is 32.2. The second kappa shape index (κ2) is 8.75. The van der Waals surface area contributed by atoms with Gasteiger partial charge in [-0.1, -0.05) is 17.7 Å². The molecule has 0 bridgehead atoms. The van der Waals surface area contributed by atoms with Crippen LogP contribution < -0.4 is 14.8 Å². The molecule has 1 heterocycles. The van der Waals surface area contributed by atoms with Gasteiger partial charge in [0.25, 0.3) is 0 Å². The molecular formula is C16H15N3O5S. The zero-order valence-corrected chi connectivity index (χ0v) is 14.1. The molecule has 0 radical (unpaired) electrons. The maximum Gasteiger partial charge on any atom is 0.305 e. The number of amides is 1. The van der Waals surface area contributed by atoms with Gasteiger partial charge in [0, 0.05) is 0 Å². The average Bonchev–Trinajstić information content (AvgIpc) is 2.92. The van der Waals surface area contributed by atoms with Crippen molar-refractivity contribution < 1.29 is 24.2 Å². The molecule has 1 amide bonds. The van der Waals surface area contributed by atoms with E-state index in [9.17, 15) is 9.59 Å². The smallest absolute Gasteiger partial charge is 0.305 e. The molecule has 1 aliphatic heterocycles. The summed E-state index contributed by atoms with van der Waals surface area (Å²) in [5.74, 6) is 1.94. The monoisotopic (exact) mass is 361 g/mol. The lowest BCUT2D eigenvalue weighted by Crippen LogP contribution is -2.26. The number of benzene rings is 1. The minimum atomic E-state index is -1.05. The lowest BCUT2D eigenvalue weighted by molar-refractivity contribution is -0.138. The van der Waals surface area contributed by atoms with Crippen LogP contribution in [0.2, 0.25) is 0 Å². The van der Waals surface area contributed by atoms with Gasteiger partial charge in [-0.05, 0) is 23.8 Å². The summed E-state index contributed by atoms with van der Waals surface area (Å²) in [6.45, 7) is 0.104. The Morgan fingerprint density at radius 3 is 3.00 bits per heavy atom. The van der Waals surface area contributed by atoms with Gasteiger partial charge in [-0.3, -0.25) is 9.59 Å². The summed E-state index contributed by atoms with van der Waals surface area (Å²) in [7, 11) is 1.52. The summed E-state index contributed by atoms with van der Waals surface area (Å²) >= 11 is 1.03. The predicted octanol–water partition coefficient (Wildman–Crippen LogP) is 1.10. The number of thioether (sulfide) groups is 1. The molecule has 1 atom stereocenters. The SMILES string of the molecule is C#CCOc1cc(C=NN=C2NC(=O)C(CC(=O)O)S2)ccc1OC. The van der Waals surface area contributed by atoms with Crippen LogP contribution in [0.3, 0.4) is 0 Å². The van der Waals surface area contributed by atoms with Crippen LogP contribution in [0.1, 0.15) is 12.0 Å². The largest absolute Gasteiger partial charge is 0.493 e. The molecule has 1 saturated heterocycles. The number of nitrogens with one attached hydrogen (secondary N) is 1. The highest BCUT2D eigenvalue weighted by Gasteiger charge is 2.32. The van der Waals surface area contributed by atoms with E-state index in [4.69, 9.17) is 21.0 Å². The van der Waals surface area contributed by atoms with E-state index in [0.717, 1.165) is 11.8 Å². The highest BCUT2D eigenvalue weighted by molar-refractivity contribution is 8.15. The van der Waals surface area contributed by atoms with Crippen molar-refractivity contribution in [2.24, 2.45) is 10.2 Å². The fourth-order valence-corrected chi connectivity index (χ4v) is 2.81. The van der Waals surface area contributed by atoms with Gasteiger partial charge in [0.1, 0.15) is 11.9 Å². The lowest BCUT2D eigenvalue weighted by Gasteiger charge is -2.08. The second-order valence-electron chi connectivity index (χ2n) is 4.75. The lowest BCUT2D eigenvalue weighted by atomic mass is 10.2. The standard InChI is InChI=1S/C16H15N3O5S/c1-3-6-24-12-7-10(4-5-11(12)23-2)9-17-19-16-18-15(22)13(25-16)8-14(20)21/h1,4-5,7,9,13H,6,8H2,2H3,(H,20,21)(H,18,19,22). The fraction of sp³-hybridized carbons (Fsp3) is 0.250. The maximum absolute atomic E-state index is 11.6. The Morgan fingerprint density at radius 2 is 2.32 bits per heavy atom. The van der Waals surface area contributed by atoms with Crippen molar-refractivity contribution in [3.05, 3.63) is 23.8 Å². The van der Waals surface area contributed by atoms with Gasteiger partial charge in [0.2, 0.25) is 5.91 Å². The Balaban J connectivity index is 2.05. The molecule has 0 aliphatic carbocycles. The number of terminal acetylenes is 1. The fourth-order valence-electron chi connectivity index (χ4n) is 1.90. The molecule has 0 aromatic heterocycles. The number of nitrogens with zero attached hydrogens (tertiary/aromatic N) is 2. The van der Waals surface area contributed by atoms with E-state index in [1.807, 2.05) is 0 Å². The van der Waals surface area contributed by atoms with Crippen LogP contribution in [0.5, 0.6) is 11.5 Å². The van der Waals surface area contributed by atoms with E-state index in [2.05, 4.69) is 21.4 Å². The van der Waals surface area contributed by atoms with Crippen molar-refractivity contribution in [3.63, 3.8) is 0 Å². The van der Waals surface area contributed by atoms with Crippen molar-refractivity contribution in [3.8, 4) is 23.8 Å². The third kappa shape index (κ3) is 5.26. The van der Waals surface area contributed by atoms with Crippen LogP contribution >= 0.6 is 11.8 Å². The van der Waals surface area contributed by atoms with Crippen molar-refractivity contribution in [1.29, 1.82) is 0 Å². The minimum Gasteiger partial charge on any atom is -0.493 e. The first-order chi connectivity index (χ1) is 12.0. The van der Waals surface area contributed by atoms with Crippen molar-refractivity contribution in [2.75, 3.05) is 13.7 Å². The maximum atomic E-state index is 11.6. The second-order valence-corrected chi connectivity index (χ2v) is 5.94. The molecule has 1 fully saturated rings. The summed E-state index contributed by atoms with van der Waals surface area (Å²) in [5, 5.41) is 18.5. The third-order valence-electron chi connectivity index (χ3n) is 2.99. The first-order valence-electron chi connectivity index (χ1n) is 7.08. The van der Waals surface area contributed by atoms with Crippen molar-refractivity contribution in [2.45, 2.75) is 11.7 Å². The first kappa shape index (κ1) is 18.4. The first-order valence-corrected chi connectivity index (χ1v) is 7.96. The number of methoxy groups -OCH3 is 1. The molecule has 25 heavy (non-hydrogen) atoms. The number of carbonyl (C=O) groups is 2. The number of ether oxygens (including phenoxy) is 2. The minimum absolute atomic E-state index is 0.104. The third-order valence-corrected chi connectivity index (χ3v) is 4.06.